The Morgan fingerprint density at radius 3 is 1.57 bits per heavy atom. The van der Waals surface area contributed by atoms with E-state index >= 15 is 0 Å². The second kappa shape index (κ2) is 16.3. The van der Waals surface area contributed by atoms with E-state index in [2.05, 4.69) is 50.5 Å². The molecule has 1 rings (SSSR count). The lowest BCUT2D eigenvalue weighted by Gasteiger charge is -2.18. The summed E-state index contributed by atoms with van der Waals surface area (Å²) in [5.74, 6) is 3.76. The van der Waals surface area contributed by atoms with Gasteiger partial charge in [-0.3, -0.25) is 0 Å². The summed E-state index contributed by atoms with van der Waals surface area (Å²) in [6, 6.07) is 3.28. The first-order valence-electron chi connectivity index (χ1n) is 9.34. The van der Waals surface area contributed by atoms with E-state index in [1.807, 2.05) is 0 Å². The van der Waals surface area contributed by atoms with Crippen molar-refractivity contribution in [2.45, 2.75) is 25.7 Å². The van der Waals surface area contributed by atoms with Crippen LogP contribution in [0.15, 0.2) is 12.1 Å². The molecule has 0 bridgehead atoms. The predicted molar refractivity (Wildman–Crippen MR) is 127 cm³/mol. The summed E-state index contributed by atoms with van der Waals surface area (Å²) in [6.45, 7) is 1.70. The SMILES string of the molecule is O=C(OCCCS)c1cc(OCCCS)c(OCCCS)c(OCCCS)c1. The zero-order chi connectivity index (χ0) is 20.6. The number of carbonyl (C=O) groups excluding carboxylic acids is 1. The number of carbonyl (C=O) groups is 1. The number of hydrogen-bond donors (Lipinski definition) is 4. The lowest BCUT2D eigenvalue weighted by atomic mass is 10.1. The van der Waals surface area contributed by atoms with Gasteiger partial charge in [-0.05, 0) is 60.8 Å². The van der Waals surface area contributed by atoms with E-state index in [1.165, 1.54) is 0 Å². The van der Waals surface area contributed by atoms with Gasteiger partial charge in [0.05, 0.1) is 32.0 Å². The van der Waals surface area contributed by atoms with Crippen molar-refractivity contribution in [3.05, 3.63) is 17.7 Å². The van der Waals surface area contributed by atoms with Gasteiger partial charge in [0.1, 0.15) is 0 Å². The molecule has 0 radical (unpaired) electrons. The van der Waals surface area contributed by atoms with Crippen LogP contribution < -0.4 is 14.2 Å². The number of rotatable bonds is 16. The van der Waals surface area contributed by atoms with E-state index in [0.29, 0.717) is 78.7 Å². The molecule has 0 saturated heterocycles. The lowest BCUT2D eigenvalue weighted by molar-refractivity contribution is 0.0505. The van der Waals surface area contributed by atoms with Crippen LogP contribution in [-0.4, -0.2) is 55.4 Å². The Kier molecular flexibility index (Phi) is 14.9. The molecule has 1 aromatic rings. The van der Waals surface area contributed by atoms with Crippen LogP contribution in [0.2, 0.25) is 0 Å². The summed E-state index contributed by atoms with van der Waals surface area (Å²) in [5.41, 5.74) is 0.363. The Morgan fingerprint density at radius 1 is 0.679 bits per heavy atom. The van der Waals surface area contributed by atoms with Crippen molar-refractivity contribution in [1.29, 1.82) is 0 Å². The highest BCUT2D eigenvalue weighted by Crippen LogP contribution is 2.39. The van der Waals surface area contributed by atoms with Crippen LogP contribution in [0.5, 0.6) is 17.2 Å². The first-order valence-corrected chi connectivity index (χ1v) is 11.9. The summed E-state index contributed by atoms with van der Waals surface area (Å²) in [4.78, 5) is 12.4. The van der Waals surface area contributed by atoms with Crippen molar-refractivity contribution in [1.82, 2.24) is 0 Å². The number of esters is 1. The third-order valence-electron chi connectivity index (χ3n) is 3.46. The third-order valence-corrected chi connectivity index (χ3v) is 4.73. The standard InChI is InChI=1S/C19H30O5S4/c20-19(24-8-4-12-28)15-13-16(21-5-1-9-25)18(23-7-3-11-27)17(14-15)22-6-2-10-26/h13-14,25-28H,1-12H2. The maximum Gasteiger partial charge on any atom is 0.338 e. The van der Waals surface area contributed by atoms with Gasteiger partial charge in [-0.1, -0.05) is 0 Å². The van der Waals surface area contributed by atoms with Crippen molar-refractivity contribution in [2.75, 3.05) is 49.4 Å². The van der Waals surface area contributed by atoms with Crippen molar-refractivity contribution in [3.63, 3.8) is 0 Å². The topological polar surface area (TPSA) is 54.0 Å². The van der Waals surface area contributed by atoms with Gasteiger partial charge in [0.25, 0.3) is 0 Å². The highest BCUT2D eigenvalue weighted by molar-refractivity contribution is 7.80. The van der Waals surface area contributed by atoms with Crippen LogP contribution in [0.25, 0.3) is 0 Å². The van der Waals surface area contributed by atoms with E-state index in [4.69, 9.17) is 18.9 Å². The summed E-state index contributed by atoms with van der Waals surface area (Å²) in [5, 5.41) is 0. The fourth-order valence-electron chi connectivity index (χ4n) is 2.10. The number of benzene rings is 1. The monoisotopic (exact) mass is 466 g/mol. The molecule has 0 aromatic heterocycles. The number of thiol groups is 4. The van der Waals surface area contributed by atoms with Crippen molar-refractivity contribution < 1.29 is 23.7 Å². The summed E-state index contributed by atoms with van der Waals surface area (Å²) in [6.07, 6.45) is 3.01. The number of ether oxygens (including phenoxy) is 4. The molecule has 9 heteroatoms. The second-order valence-corrected chi connectivity index (χ2v) is 7.58. The Morgan fingerprint density at radius 2 is 1.11 bits per heavy atom. The second-order valence-electron chi connectivity index (χ2n) is 5.79. The molecule has 28 heavy (non-hydrogen) atoms. The zero-order valence-electron chi connectivity index (χ0n) is 16.0. The molecule has 5 nitrogen and oxygen atoms in total. The molecule has 0 aliphatic carbocycles. The van der Waals surface area contributed by atoms with Gasteiger partial charge >= 0.3 is 5.97 Å². The normalized spacial score (nSPS) is 10.6. The lowest BCUT2D eigenvalue weighted by Crippen LogP contribution is -2.11. The van der Waals surface area contributed by atoms with Gasteiger partial charge in [-0.2, -0.15) is 50.5 Å². The van der Waals surface area contributed by atoms with E-state index < -0.39 is 5.97 Å². The maximum atomic E-state index is 12.4. The largest absolute Gasteiger partial charge is 0.489 e. The summed E-state index contributed by atoms with van der Waals surface area (Å²) < 4.78 is 22.9. The van der Waals surface area contributed by atoms with Crippen LogP contribution in [0.3, 0.4) is 0 Å². The minimum Gasteiger partial charge on any atom is -0.489 e. The predicted octanol–water partition coefficient (Wildman–Crippen LogP) is 4.26. The first-order chi connectivity index (χ1) is 13.7. The Hall–Kier alpha value is -0.510. The number of hydrogen-bond acceptors (Lipinski definition) is 9. The Balaban J connectivity index is 3.12. The molecular formula is C19H30O5S4. The van der Waals surface area contributed by atoms with Gasteiger partial charge in [-0.15, -0.1) is 0 Å². The van der Waals surface area contributed by atoms with Gasteiger partial charge in [0.2, 0.25) is 5.75 Å². The zero-order valence-corrected chi connectivity index (χ0v) is 19.5. The minimum absolute atomic E-state index is 0.314. The van der Waals surface area contributed by atoms with E-state index in [1.54, 1.807) is 12.1 Å². The quantitative estimate of drug-likeness (QED) is 0.167. The van der Waals surface area contributed by atoms with Crippen LogP contribution in [-0.2, 0) is 4.74 Å². The molecule has 0 aliphatic heterocycles. The molecule has 0 heterocycles. The molecule has 0 amide bonds. The molecule has 0 saturated carbocycles. The fourth-order valence-corrected chi connectivity index (χ4v) is 2.61. The van der Waals surface area contributed by atoms with Crippen LogP contribution in [0, 0.1) is 0 Å². The van der Waals surface area contributed by atoms with E-state index in [0.717, 1.165) is 19.3 Å². The van der Waals surface area contributed by atoms with Crippen LogP contribution >= 0.6 is 50.5 Å². The van der Waals surface area contributed by atoms with Crippen molar-refractivity contribution in [2.24, 2.45) is 0 Å². The molecule has 0 fully saturated rings. The van der Waals surface area contributed by atoms with Crippen LogP contribution in [0.1, 0.15) is 36.0 Å². The van der Waals surface area contributed by atoms with Crippen LogP contribution in [0.4, 0.5) is 0 Å². The van der Waals surface area contributed by atoms with Gasteiger partial charge in [0, 0.05) is 0 Å². The third kappa shape index (κ3) is 9.80. The van der Waals surface area contributed by atoms with E-state index in [9.17, 15) is 4.79 Å². The Labute approximate surface area is 189 Å². The molecule has 0 spiro atoms. The highest BCUT2D eigenvalue weighted by atomic mass is 32.1. The smallest absolute Gasteiger partial charge is 0.338 e. The van der Waals surface area contributed by atoms with Gasteiger partial charge in [-0.25, -0.2) is 4.79 Å². The molecule has 0 unspecified atom stereocenters. The molecule has 0 aliphatic rings. The average Bonchev–Trinajstić information content (AvgIpc) is 2.70. The Bertz CT molecular complexity index is 540. The van der Waals surface area contributed by atoms with Gasteiger partial charge in [0.15, 0.2) is 11.5 Å². The molecule has 1 aromatic carbocycles. The highest BCUT2D eigenvalue weighted by Gasteiger charge is 2.19. The summed E-state index contributed by atoms with van der Waals surface area (Å²) >= 11 is 16.8. The van der Waals surface area contributed by atoms with Crippen molar-refractivity contribution >= 4 is 56.5 Å². The maximum absolute atomic E-state index is 12.4. The minimum atomic E-state index is -0.429. The molecule has 0 N–H and O–H groups in total. The molecule has 0 atom stereocenters. The summed E-state index contributed by atoms with van der Waals surface area (Å²) in [7, 11) is 0. The van der Waals surface area contributed by atoms with E-state index in [-0.39, 0.29) is 0 Å². The van der Waals surface area contributed by atoms with Crippen molar-refractivity contribution in [3.8, 4) is 17.2 Å². The van der Waals surface area contributed by atoms with Gasteiger partial charge < -0.3 is 18.9 Å². The first kappa shape index (κ1) is 25.5. The molecular weight excluding hydrogens is 436 g/mol. The fraction of sp³-hybridized carbons (Fsp3) is 0.632. The average molecular weight is 467 g/mol. The molecule has 160 valence electrons.